The molecule has 2 heterocycles. The van der Waals surface area contributed by atoms with Crippen molar-refractivity contribution in [3.8, 4) is 5.75 Å². The van der Waals surface area contributed by atoms with Gasteiger partial charge >= 0.3 is 0 Å². The molecule has 1 aromatic heterocycles. The van der Waals surface area contributed by atoms with E-state index in [1.165, 1.54) is 6.20 Å². The zero-order chi connectivity index (χ0) is 25.4. The number of hydrogen-bond acceptors (Lipinski definition) is 7. The summed E-state index contributed by atoms with van der Waals surface area (Å²) in [5.74, 6) is 0.987. The molecule has 2 aromatic rings. The Kier molecular flexibility index (Phi) is 6.98. The Bertz CT molecular complexity index is 1180. The Morgan fingerprint density at radius 3 is 2.67 bits per heavy atom. The van der Waals surface area contributed by atoms with Gasteiger partial charge in [0.15, 0.2) is 5.82 Å². The maximum Gasteiger partial charge on any atom is 0.251 e. The highest BCUT2D eigenvalue weighted by Crippen LogP contribution is 2.45. The molecule has 0 radical (unpaired) electrons. The van der Waals surface area contributed by atoms with E-state index in [1.807, 2.05) is 12.1 Å². The molecule has 8 nitrogen and oxygen atoms in total. The molecule has 4 atom stereocenters. The van der Waals surface area contributed by atoms with Gasteiger partial charge in [-0.05, 0) is 54.4 Å². The van der Waals surface area contributed by atoms with Gasteiger partial charge in [0.25, 0.3) is 6.43 Å². The molecule has 2 aliphatic carbocycles. The monoisotopic (exact) mass is 518 g/mol. The summed E-state index contributed by atoms with van der Waals surface area (Å²) in [7, 11) is 1.58. The second kappa shape index (κ2) is 10.2. The second-order valence-corrected chi connectivity index (χ2v) is 9.98. The van der Waals surface area contributed by atoms with Crippen LogP contribution in [0.15, 0.2) is 30.5 Å². The number of amides is 1. The van der Waals surface area contributed by atoms with Crippen molar-refractivity contribution in [2.75, 3.05) is 37.4 Å². The number of carbonyl (C=O) groups excluding carboxylic acids is 1. The Hall–Kier alpha value is -2.98. The summed E-state index contributed by atoms with van der Waals surface area (Å²) in [4.78, 5) is 22.8. The van der Waals surface area contributed by atoms with E-state index in [4.69, 9.17) is 22.1 Å². The quantitative estimate of drug-likeness (QED) is 0.458. The van der Waals surface area contributed by atoms with Crippen molar-refractivity contribution >= 4 is 35.0 Å². The summed E-state index contributed by atoms with van der Waals surface area (Å²) < 4.78 is 31.3. The van der Waals surface area contributed by atoms with Crippen molar-refractivity contribution in [1.29, 1.82) is 0 Å². The molecule has 0 saturated heterocycles. The van der Waals surface area contributed by atoms with E-state index in [0.717, 1.165) is 17.5 Å². The fourth-order valence-corrected chi connectivity index (χ4v) is 5.80. The molecule has 192 valence electrons. The van der Waals surface area contributed by atoms with Gasteiger partial charge in [-0.3, -0.25) is 9.69 Å². The number of benzene rings is 1. The third kappa shape index (κ3) is 4.97. The minimum atomic E-state index is -2.35. The average Bonchev–Trinajstić information content (AvgIpc) is 3.39. The zero-order valence-corrected chi connectivity index (χ0v) is 20.6. The highest BCUT2D eigenvalue weighted by Gasteiger charge is 2.47. The van der Waals surface area contributed by atoms with Gasteiger partial charge in [-0.1, -0.05) is 23.8 Å². The van der Waals surface area contributed by atoms with Crippen LogP contribution in [0.25, 0.3) is 0 Å². The third-order valence-electron chi connectivity index (χ3n) is 7.39. The minimum absolute atomic E-state index is 0.128. The highest BCUT2D eigenvalue weighted by atomic mass is 35.5. The molecule has 2 bridgehead atoms. The molecule has 1 saturated carbocycles. The van der Waals surface area contributed by atoms with E-state index in [2.05, 4.69) is 32.8 Å². The van der Waals surface area contributed by atoms with Crippen molar-refractivity contribution in [2.45, 2.75) is 31.7 Å². The number of halogens is 3. The van der Waals surface area contributed by atoms with Crippen LogP contribution in [0, 0.1) is 17.8 Å². The first kappa shape index (κ1) is 24.7. The zero-order valence-electron chi connectivity index (χ0n) is 19.9. The summed E-state index contributed by atoms with van der Waals surface area (Å²) in [5, 5.41) is 6.88. The van der Waals surface area contributed by atoms with Gasteiger partial charge in [0.2, 0.25) is 11.9 Å². The van der Waals surface area contributed by atoms with Crippen LogP contribution in [0.4, 0.5) is 26.2 Å². The Labute approximate surface area is 213 Å². The van der Waals surface area contributed by atoms with Gasteiger partial charge < -0.3 is 21.1 Å². The summed E-state index contributed by atoms with van der Waals surface area (Å²) >= 11 is 6.40. The summed E-state index contributed by atoms with van der Waals surface area (Å²) in [6, 6.07) is 3.73. The first-order valence-corrected chi connectivity index (χ1v) is 12.4. The van der Waals surface area contributed by atoms with Gasteiger partial charge in [-0.25, -0.2) is 13.8 Å². The summed E-state index contributed by atoms with van der Waals surface area (Å²) in [6.45, 7) is 0.917. The van der Waals surface area contributed by atoms with Gasteiger partial charge in [0.05, 0.1) is 31.5 Å². The van der Waals surface area contributed by atoms with Crippen LogP contribution in [0.2, 0.25) is 5.02 Å². The molecule has 4 unspecified atom stereocenters. The molecule has 5 rings (SSSR count). The largest absolute Gasteiger partial charge is 0.495 e. The Morgan fingerprint density at radius 1 is 1.25 bits per heavy atom. The number of methoxy groups -OCH3 is 1. The third-order valence-corrected chi connectivity index (χ3v) is 7.67. The fraction of sp³-hybridized carbons (Fsp3) is 0.480. The van der Waals surface area contributed by atoms with Gasteiger partial charge in [-0.15, -0.1) is 0 Å². The topological polar surface area (TPSA) is 105 Å². The first-order chi connectivity index (χ1) is 17.3. The number of nitrogens with zero attached hydrogens (tertiary/aromatic N) is 3. The normalized spacial score (nSPS) is 25.0. The van der Waals surface area contributed by atoms with Crippen LogP contribution >= 0.6 is 11.6 Å². The highest BCUT2D eigenvalue weighted by molar-refractivity contribution is 6.32. The lowest BCUT2D eigenvalue weighted by Crippen LogP contribution is -2.41. The number of rotatable bonds is 8. The van der Waals surface area contributed by atoms with Gasteiger partial charge in [0.1, 0.15) is 10.8 Å². The molecule has 4 N–H and O–H groups in total. The van der Waals surface area contributed by atoms with Crippen LogP contribution < -0.4 is 21.1 Å². The van der Waals surface area contributed by atoms with Crippen LogP contribution in [-0.2, 0) is 17.6 Å². The number of aromatic nitrogens is 2. The molecule has 11 heteroatoms. The minimum Gasteiger partial charge on any atom is -0.495 e. The van der Waals surface area contributed by atoms with E-state index < -0.39 is 6.43 Å². The van der Waals surface area contributed by atoms with Crippen LogP contribution in [0.3, 0.4) is 0 Å². The lowest BCUT2D eigenvalue weighted by Gasteiger charge is -2.27. The molecule has 1 fully saturated rings. The number of alkyl halides is 2. The molecule has 1 amide bonds. The maximum atomic E-state index is 12.9. The van der Waals surface area contributed by atoms with Crippen LogP contribution in [0.5, 0.6) is 5.75 Å². The number of nitrogens with two attached hydrogens (primary N) is 1. The first-order valence-electron chi connectivity index (χ1n) is 12.1. The van der Waals surface area contributed by atoms with E-state index in [0.29, 0.717) is 54.2 Å². The molecule has 1 aliphatic heterocycles. The average molecular weight is 519 g/mol. The Morgan fingerprint density at radius 2 is 1.97 bits per heavy atom. The van der Waals surface area contributed by atoms with Crippen molar-refractivity contribution in [1.82, 2.24) is 14.9 Å². The van der Waals surface area contributed by atoms with Gasteiger partial charge in [0, 0.05) is 19.1 Å². The molecule has 1 aromatic carbocycles. The fourth-order valence-electron chi connectivity index (χ4n) is 5.66. The number of anilines is 3. The summed E-state index contributed by atoms with van der Waals surface area (Å²) in [6.07, 6.45) is 5.52. The number of primary amides is 1. The molecular formula is C25H29ClF2N6O2. The van der Waals surface area contributed by atoms with E-state index in [9.17, 15) is 13.6 Å². The van der Waals surface area contributed by atoms with Crippen molar-refractivity contribution in [3.63, 3.8) is 0 Å². The second-order valence-electron chi connectivity index (χ2n) is 9.57. The van der Waals surface area contributed by atoms with Crippen LogP contribution in [-0.4, -0.2) is 60.0 Å². The smallest absolute Gasteiger partial charge is 0.251 e. The number of nitrogens with one attached hydrogen (secondary N) is 2. The predicted molar refractivity (Wildman–Crippen MR) is 134 cm³/mol. The lowest BCUT2D eigenvalue weighted by atomic mass is 9.88. The van der Waals surface area contributed by atoms with E-state index in [1.54, 1.807) is 12.0 Å². The summed E-state index contributed by atoms with van der Waals surface area (Å²) in [5.41, 5.74) is 8.50. The number of carbonyl (C=O) groups is 1. The molecule has 36 heavy (non-hydrogen) atoms. The maximum absolute atomic E-state index is 12.9. The van der Waals surface area contributed by atoms with Gasteiger partial charge in [-0.2, -0.15) is 4.98 Å². The standard InChI is InChI=1S/C25H29ClF2N6O2/c1-36-19-10-14-5-7-34(12-20(27)28)6-4-13(14)9-18(19)31-25-30-11-17(26)24(33-25)32-22-16-3-2-15(8-16)21(22)23(29)35/h2-3,9-11,15-16,20-22H,4-8,12H2,1H3,(H2,29,35)(H2,30,31,32,33). The molecular weight excluding hydrogens is 490 g/mol. The molecule has 3 aliphatic rings. The predicted octanol–water partition coefficient (Wildman–Crippen LogP) is 3.64. The number of allylic oxidation sites excluding steroid dienone is 1. The van der Waals surface area contributed by atoms with Crippen molar-refractivity contribution in [3.05, 3.63) is 46.6 Å². The SMILES string of the molecule is COc1cc2c(cc1Nc1ncc(Cl)c(NC3C4C=CC(C4)C3C(N)=O)n1)CCN(CC(F)F)CC2. The van der Waals surface area contributed by atoms with Crippen LogP contribution in [0.1, 0.15) is 17.5 Å². The number of fused-ring (bicyclic) bond motifs is 3. The number of hydrogen-bond donors (Lipinski definition) is 3. The van der Waals surface area contributed by atoms with Crippen molar-refractivity contribution in [2.24, 2.45) is 23.5 Å². The Balaban J connectivity index is 1.36. The number of ether oxygens (including phenoxy) is 1. The van der Waals surface area contributed by atoms with E-state index in [-0.39, 0.29) is 36.2 Å². The lowest BCUT2D eigenvalue weighted by molar-refractivity contribution is -0.122. The van der Waals surface area contributed by atoms with Crippen molar-refractivity contribution < 1.29 is 18.3 Å². The van der Waals surface area contributed by atoms with E-state index >= 15 is 0 Å². The molecule has 0 spiro atoms.